The van der Waals surface area contributed by atoms with E-state index in [1.807, 2.05) is 20.8 Å². The summed E-state index contributed by atoms with van der Waals surface area (Å²) < 4.78 is 23.2. The molecule has 20 heavy (non-hydrogen) atoms. The van der Waals surface area contributed by atoms with Gasteiger partial charge in [-0.05, 0) is 24.4 Å². The Bertz CT molecular complexity index is 531. The van der Waals surface area contributed by atoms with Crippen LogP contribution in [0.2, 0.25) is 15.1 Å². The van der Waals surface area contributed by atoms with Crippen molar-refractivity contribution >= 4 is 53.0 Å². The Morgan fingerprint density at radius 2 is 1.70 bits per heavy atom. The molecule has 1 aromatic rings. The molecule has 0 spiro atoms. The molecule has 3 nitrogen and oxygen atoms in total. The van der Waals surface area contributed by atoms with Gasteiger partial charge in [-0.15, -0.1) is 0 Å². The highest BCUT2D eigenvalue weighted by molar-refractivity contribution is 8.55. The molecule has 0 bridgehead atoms. The van der Waals surface area contributed by atoms with Crippen molar-refractivity contribution < 1.29 is 13.6 Å². The maximum atomic E-state index is 12.7. The first-order chi connectivity index (χ1) is 9.06. The van der Waals surface area contributed by atoms with Gasteiger partial charge in [0.2, 0.25) is 0 Å². The quantitative estimate of drug-likeness (QED) is 0.422. The van der Waals surface area contributed by atoms with Crippen LogP contribution in [-0.4, -0.2) is 11.4 Å². The molecule has 0 fully saturated rings. The van der Waals surface area contributed by atoms with Crippen LogP contribution in [0, 0.1) is 0 Å². The summed E-state index contributed by atoms with van der Waals surface area (Å²) >= 11 is 18.9. The molecular weight excluding hydrogens is 362 g/mol. The molecule has 0 N–H and O–H groups in total. The van der Waals surface area contributed by atoms with Crippen LogP contribution in [0.5, 0.6) is 5.75 Å². The van der Waals surface area contributed by atoms with Gasteiger partial charge in [-0.2, -0.15) is 0 Å². The van der Waals surface area contributed by atoms with E-state index >= 15 is 0 Å². The Morgan fingerprint density at radius 3 is 2.20 bits per heavy atom. The van der Waals surface area contributed by atoms with Crippen molar-refractivity contribution in [1.82, 2.24) is 0 Å². The van der Waals surface area contributed by atoms with Crippen molar-refractivity contribution in [3.8, 4) is 5.75 Å². The van der Waals surface area contributed by atoms with Gasteiger partial charge in [0, 0.05) is 10.8 Å². The topological polar surface area (TPSA) is 35.5 Å². The van der Waals surface area contributed by atoms with Crippen LogP contribution in [0.1, 0.15) is 27.7 Å². The lowest BCUT2D eigenvalue weighted by molar-refractivity contribution is 0.296. The van der Waals surface area contributed by atoms with E-state index < -0.39 is 6.80 Å². The summed E-state index contributed by atoms with van der Waals surface area (Å²) in [5.41, 5.74) is 0. The molecule has 8 heteroatoms. The summed E-state index contributed by atoms with van der Waals surface area (Å²) in [6, 6.07) is 2.87. The SMILES string of the molecule is CCOP(=O)(Oc1cc(Cl)c(Cl)cc1Cl)SC(C)(C)C. The molecule has 0 heterocycles. The zero-order valence-corrected chi connectivity index (χ0v) is 15.6. The van der Waals surface area contributed by atoms with E-state index in [1.54, 1.807) is 6.92 Å². The highest BCUT2D eigenvalue weighted by Crippen LogP contribution is 2.65. The van der Waals surface area contributed by atoms with Crippen LogP contribution in [-0.2, 0) is 9.09 Å². The number of hydrogen-bond donors (Lipinski definition) is 0. The fourth-order valence-electron chi connectivity index (χ4n) is 1.26. The third kappa shape index (κ3) is 5.67. The molecule has 1 atom stereocenters. The van der Waals surface area contributed by atoms with Crippen molar-refractivity contribution in [2.24, 2.45) is 0 Å². The Kier molecular flexibility index (Phi) is 6.59. The first kappa shape index (κ1) is 18.5. The predicted octanol–water partition coefficient (Wildman–Crippen LogP) is 6.70. The minimum Gasteiger partial charge on any atom is -0.415 e. The first-order valence-electron chi connectivity index (χ1n) is 5.86. The summed E-state index contributed by atoms with van der Waals surface area (Å²) in [5.74, 6) is 0.189. The van der Waals surface area contributed by atoms with Gasteiger partial charge in [-0.1, -0.05) is 55.6 Å². The zero-order chi connectivity index (χ0) is 15.6. The predicted molar refractivity (Wildman–Crippen MR) is 88.7 cm³/mol. The summed E-state index contributed by atoms with van der Waals surface area (Å²) in [7, 11) is 0. The second-order valence-corrected chi connectivity index (χ2v) is 10.7. The number of benzene rings is 1. The minimum absolute atomic E-state index is 0.189. The first-order valence-corrected chi connectivity index (χ1v) is 9.95. The number of halogens is 3. The molecule has 114 valence electrons. The monoisotopic (exact) mass is 376 g/mol. The fourth-order valence-corrected chi connectivity index (χ4v) is 6.25. The van der Waals surface area contributed by atoms with Crippen molar-refractivity contribution in [3.63, 3.8) is 0 Å². The van der Waals surface area contributed by atoms with Gasteiger partial charge in [0.1, 0.15) is 5.75 Å². The highest BCUT2D eigenvalue weighted by Gasteiger charge is 2.34. The average Bonchev–Trinajstić information content (AvgIpc) is 2.23. The maximum absolute atomic E-state index is 12.7. The van der Waals surface area contributed by atoms with E-state index in [2.05, 4.69) is 0 Å². The van der Waals surface area contributed by atoms with Gasteiger partial charge in [-0.25, -0.2) is 4.57 Å². The Balaban J connectivity index is 3.08. The molecule has 1 unspecified atom stereocenters. The number of hydrogen-bond acceptors (Lipinski definition) is 4. The van der Waals surface area contributed by atoms with Crippen LogP contribution in [0.4, 0.5) is 0 Å². The lowest BCUT2D eigenvalue weighted by atomic mass is 10.3. The summed E-state index contributed by atoms with van der Waals surface area (Å²) in [5, 5.41) is 0.808. The fraction of sp³-hybridized carbons (Fsp3) is 0.500. The molecule has 0 aliphatic rings. The molecule has 1 aromatic carbocycles. The second kappa shape index (κ2) is 7.13. The highest BCUT2D eigenvalue weighted by atomic mass is 35.5. The van der Waals surface area contributed by atoms with Crippen LogP contribution in [0.3, 0.4) is 0 Å². The summed E-state index contributed by atoms with van der Waals surface area (Å²) in [4.78, 5) is 0. The Labute approximate surface area is 138 Å². The normalized spacial score (nSPS) is 14.9. The van der Waals surface area contributed by atoms with Gasteiger partial charge in [-0.3, -0.25) is 4.52 Å². The molecule has 0 radical (unpaired) electrons. The molecule has 0 saturated heterocycles. The third-order valence-electron chi connectivity index (χ3n) is 1.86. The van der Waals surface area contributed by atoms with Crippen LogP contribution in [0.25, 0.3) is 0 Å². The van der Waals surface area contributed by atoms with Crippen LogP contribution in [0.15, 0.2) is 12.1 Å². The molecule has 0 aliphatic heterocycles. The smallest absolute Gasteiger partial charge is 0.415 e. The maximum Gasteiger partial charge on any atom is 0.440 e. The van der Waals surface area contributed by atoms with E-state index in [1.165, 1.54) is 12.1 Å². The standard InChI is InChI=1S/C12H16Cl3O3PS/c1-5-17-19(16,20-12(2,3)4)18-11-7-9(14)8(13)6-10(11)15/h6-7H,5H2,1-4H3. The van der Waals surface area contributed by atoms with E-state index in [4.69, 9.17) is 43.9 Å². The van der Waals surface area contributed by atoms with E-state index in [0.29, 0.717) is 5.02 Å². The lowest BCUT2D eigenvalue weighted by Crippen LogP contribution is -2.09. The zero-order valence-electron chi connectivity index (χ0n) is 11.6. The average molecular weight is 378 g/mol. The van der Waals surface area contributed by atoms with Crippen molar-refractivity contribution in [2.75, 3.05) is 6.61 Å². The number of rotatable bonds is 5. The minimum atomic E-state index is -3.39. The van der Waals surface area contributed by atoms with Crippen LogP contribution < -0.4 is 4.52 Å². The summed E-state index contributed by atoms with van der Waals surface area (Å²) in [6.45, 7) is 4.37. The molecule has 0 saturated carbocycles. The summed E-state index contributed by atoms with van der Waals surface area (Å²) in [6.07, 6.45) is 0. The molecule has 0 aromatic heterocycles. The van der Waals surface area contributed by atoms with Crippen molar-refractivity contribution in [2.45, 2.75) is 32.4 Å². The molecular formula is C12H16Cl3O3PS. The largest absolute Gasteiger partial charge is 0.440 e. The van der Waals surface area contributed by atoms with Crippen LogP contribution >= 0.6 is 53.0 Å². The van der Waals surface area contributed by atoms with Crippen molar-refractivity contribution in [3.05, 3.63) is 27.2 Å². The van der Waals surface area contributed by atoms with Crippen molar-refractivity contribution in [1.29, 1.82) is 0 Å². The Morgan fingerprint density at radius 1 is 1.15 bits per heavy atom. The molecule has 1 rings (SSSR count). The second-order valence-electron chi connectivity index (χ2n) is 4.86. The van der Waals surface area contributed by atoms with E-state index in [-0.39, 0.29) is 27.1 Å². The van der Waals surface area contributed by atoms with E-state index in [0.717, 1.165) is 11.4 Å². The van der Waals surface area contributed by atoms with Gasteiger partial charge < -0.3 is 4.52 Å². The Hall–Kier alpha value is 0.430. The van der Waals surface area contributed by atoms with Gasteiger partial charge in [0.05, 0.1) is 21.7 Å². The third-order valence-corrected chi connectivity index (χ3v) is 7.50. The lowest BCUT2D eigenvalue weighted by Gasteiger charge is -2.25. The van der Waals surface area contributed by atoms with Gasteiger partial charge in [0.25, 0.3) is 0 Å². The van der Waals surface area contributed by atoms with Gasteiger partial charge in [0.15, 0.2) is 0 Å². The molecule has 0 aliphatic carbocycles. The molecule has 0 amide bonds. The van der Waals surface area contributed by atoms with E-state index in [9.17, 15) is 4.57 Å². The van der Waals surface area contributed by atoms with Gasteiger partial charge >= 0.3 is 6.80 Å².